The van der Waals surface area contributed by atoms with E-state index in [0.29, 0.717) is 0 Å². The number of anilines is 3. The monoisotopic (exact) mass is 574 g/mol. The highest BCUT2D eigenvalue weighted by molar-refractivity contribution is 6.24. The quantitative estimate of drug-likeness (QED) is 0.208. The number of furan rings is 1. The molecule has 0 bridgehead atoms. The second kappa shape index (κ2) is 9.22. The van der Waals surface area contributed by atoms with Gasteiger partial charge in [0, 0.05) is 55.3 Å². The van der Waals surface area contributed by atoms with Crippen LogP contribution >= 0.6 is 0 Å². The molecule has 210 valence electrons. The van der Waals surface area contributed by atoms with E-state index in [9.17, 15) is 0 Å². The predicted molar refractivity (Wildman–Crippen MR) is 188 cm³/mol. The summed E-state index contributed by atoms with van der Waals surface area (Å²) in [6.07, 6.45) is 0. The Hall–Kier alpha value is -6.06. The number of benzene rings is 7. The van der Waals surface area contributed by atoms with Gasteiger partial charge in [0.05, 0.1) is 22.2 Å². The third-order valence-corrected chi connectivity index (χ3v) is 9.28. The van der Waals surface area contributed by atoms with Crippen LogP contribution in [0.25, 0.3) is 71.2 Å². The van der Waals surface area contributed by atoms with Gasteiger partial charge >= 0.3 is 0 Å². The van der Waals surface area contributed by atoms with E-state index in [4.69, 9.17) is 4.42 Å². The van der Waals surface area contributed by atoms with Crippen molar-refractivity contribution < 1.29 is 4.42 Å². The second-order valence-electron chi connectivity index (χ2n) is 11.8. The number of para-hydroxylation sites is 4. The van der Waals surface area contributed by atoms with Gasteiger partial charge in [0.2, 0.25) is 0 Å². The molecule has 3 heterocycles. The van der Waals surface area contributed by atoms with Crippen LogP contribution in [0.4, 0.5) is 17.1 Å². The molecule has 10 rings (SSSR count). The lowest BCUT2D eigenvalue weighted by Gasteiger charge is -2.28. The highest BCUT2D eigenvalue weighted by atomic mass is 16.3. The summed E-state index contributed by atoms with van der Waals surface area (Å²) in [6, 6.07) is 56.5. The van der Waals surface area contributed by atoms with Gasteiger partial charge in [0.25, 0.3) is 0 Å². The topological polar surface area (TPSA) is 20.8 Å². The molecule has 7 aromatic carbocycles. The van der Waals surface area contributed by atoms with Crippen LogP contribution in [0.15, 0.2) is 162 Å². The zero-order valence-corrected chi connectivity index (χ0v) is 24.3. The van der Waals surface area contributed by atoms with Crippen LogP contribution in [0.2, 0.25) is 0 Å². The summed E-state index contributed by atoms with van der Waals surface area (Å²) in [6.45, 7) is 0. The SMILES string of the molecule is c1ccc(-c2cc3c(cc2N(c2ccccc2)c2cc4c5ccccc5n5c6ccccc6c(c2)c45)oc2ccccc23)cc1. The Morgan fingerprint density at radius 3 is 1.69 bits per heavy atom. The van der Waals surface area contributed by atoms with Gasteiger partial charge in [-0.1, -0.05) is 103 Å². The normalized spacial score (nSPS) is 12.0. The van der Waals surface area contributed by atoms with Crippen LogP contribution in [-0.2, 0) is 0 Å². The van der Waals surface area contributed by atoms with Gasteiger partial charge in [-0.05, 0) is 54.1 Å². The highest BCUT2D eigenvalue weighted by Crippen LogP contribution is 2.48. The molecule has 0 radical (unpaired) electrons. The maximum atomic E-state index is 6.49. The molecule has 0 atom stereocenters. The number of nitrogens with zero attached hydrogens (tertiary/aromatic N) is 2. The van der Waals surface area contributed by atoms with E-state index in [1.54, 1.807) is 0 Å². The van der Waals surface area contributed by atoms with Gasteiger partial charge in [-0.25, -0.2) is 0 Å². The van der Waals surface area contributed by atoms with Crippen LogP contribution < -0.4 is 4.90 Å². The van der Waals surface area contributed by atoms with Gasteiger partial charge in [-0.3, -0.25) is 0 Å². The first-order valence-electron chi connectivity index (χ1n) is 15.4. The molecule has 0 aliphatic heterocycles. The van der Waals surface area contributed by atoms with Crippen molar-refractivity contribution in [2.75, 3.05) is 4.90 Å². The van der Waals surface area contributed by atoms with Gasteiger partial charge in [-0.2, -0.15) is 0 Å². The van der Waals surface area contributed by atoms with E-state index in [2.05, 4.69) is 161 Å². The van der Waals surface area contributed by atoms with Gasteiger partial charge in [-0.15, -0.1) is 0 Å². The van der Waals surface area contributed by atoms with Crippen molar-refractivity contribution in [3.8, 4) is 11.1 Å². The summed E-state index contributed by atoms with van der Waals surface area (Å²) >= 11 is 0. The zero-order valence-electron chi connectivity index (χ0n) is 24.3. The van der Waals surface area contributed by atoms with Crippen LogP contribution in [0.1, 0.15) is 0 Å². The van der Waals surface area contributed by atoms with E-state index < -0.39 is 0 Å². The first kappa shape index (κ1) is 24.4. The summed E-state index contributed by atoms with van der Waals surface area (Å²) in [5.41, 5.74) is 11.1. The fourth-order valence-corrected chi connectivity index (χ4v) is 7.36. The van der Waals surface area contributed by atoms with Crippen LogP contribution in [0.3, 0.4) is 0 Å². The van der Waals surface area contributed by atoms with E-state index in [0.717, 1.165) is 50.1 Å². The molecule has 0 amide bonds. The third kappa shape index (κ3) is 3.46. The molecule has 0 N–H and O–H groups in total. The molecule has 0 aliphatic rings. The molecule has 3 nitrogen and oxygen atoms in total. The Morgan fingerprint density at radius 2 is 1.00 bits per heavy atom. The molecule has 0 spiro atoms. The molecule has 0 unspecified atom stereocenters. The van der Waals surface area contributed by atoms with E-state index in [1.807, 2.05) is 6.07 Å². The van der Waals surface area contributed by atoms with Crippen molar-refractivity contribution in [2.24, 2.45) is 0 Å². The predicted octanol–water partition coefficient (Wildman–Crippen LogP) is 11.9. The zero-order chi connectivity index (χ0) is 29.5. The number of hydrogen-bond acceptors (Lipinski definition) is 2. The van der Waals surface area contributed by atoms with Crippen LogP contribution in [-0.4, -0.2) is 4.40 Å². The molecule has 0 saturated heterocycles. The Bertz CT molecular complexity index is 2620. The molecular formula is C42H26N2O. The van der Waals surface area contributed by atoms with Crippen LogP contribution in [0.5, 0.6) is 0 Å². The summed E-state index contributed by atoms with van der Waals surface area (Å²) in [7, 11) is 0. The molecule has 45 heavy (non-hydrogen) atoms. The fourth-order valence-electron chi connectivity index (χ4n) is 7.36. The van der Waals surface area contributed by atoms with E-state index in [1.165, 1.54) is 38.1 Å². The first-order chi connectivity index (χ1) is 22.3. The number of hydrogen-bond donors (Lipinski definition) is 0. The van der Waals surface area contributed by atoms with Gasteiger partial charge in [0.15, 0.2) is 0 Å². The lowest BCUT2D eigenvalue weighted by Crippen LogP contribution is -2.11. The van der Waals surface area contributed by atoms with Gasteiger partial charge in [0.1, 0.15) is 11.2 Å². The smallest absolute Gasteiger partial charge is 0.137 e. The van der Waals surface area contributed by atoms with Crippen molar-refractivity contribution in [1.82, 2.24) is 4.40 Å². The molecule has 10 aromatic rings. The lowest BCUT2D eigenvalue weighted by molar-refractivity contribution is 0.669. The van der Waals surface area contributed by atoms with Crippen molar-refractivity contribution in [3.63, 3.8) is 0 Å². The first-order valence-corrected chi connectivity index (χ1v) is 15.4. The Balaban J connectivity index is 1.35. The average Bonchev–Trinajstić information content (AvgIpc) is 3.75. The molecule has 3 heteroatoms. The Kier molecular flexibility index (Phi) is 5.00. The van der Waals surface area contributed by atoms with Crippen molar-refractivity contribution in [1.29, 1.82) is 0 Å². The summed E-state index contributed by atoms with van der Waals surface area (Å²) < 4.78 is 8.92. The average molecular weight is 575 g/mol. The number of fused-ring (bicyclic) bond motifs is 9. The summed E-state index contributed by atoms with van der Waals surface area (Å²) in [4.78, 5) is 2.40. The minimum atomic E-state index is 0.874. The van der Waals surface area contributed by atoms with E-state index >= 15 is 0 Å². The second-order valence-corrected chi connectivity index (χ2v) is 11.8. The Morgan fingerprint density at radius 1 is 0.422 bits per heavy atom. The lowest BCUT2D eigenvalue weighted by atomic mass is 9.98. The van der Waals surface area contributed by atoms with E-state index in [-0.39, 0.29) is 0 Å². The van der Waals surface area contributed by atoms with Crippen molar-refractivity contribution in [3.05, 3.63) is 158 Å². The van der Waals surface area contributed by atoms with Crippen molar-refractivity contribution >= 4 is 77.1 Å². The fraction of sp³-hybridized carbons (Fsp3) is 0. The number of aromatic nitrogens is 1. The molecule has 3 aromatic heterocycles. The standard InChI is InChI=1S/C42H26N2O/c1-3-13-27(14-4-1)33-25-34-32-19-9-12-22-40(32)45-41(34)26-39(33)43(28-15-5-2-6-16-28)29-23-35-30-17-7-10-20-37(30)44-38-21-11-8-18-31(38)36(24-29)42(35)44/h1-26H. The highest BCUT2D eigenvalue weighted by Gasteiger charge is 2.24. The molecule has 0 aliphatic carbocycles. The Labute approximate surface area is 259 Å². The largest absolute Gasteiger partial charge is 0.456 e. The summed E-state index contributed by atoms with van der Waals surface area (Å²) in [5.74, 6) is 0. The molecule has 0 fully saturated rings. The maximum Gasteiger partial charge on any atom is 0.137 e. The minimum Gasteiger partial charge on any atom is -0.456 e. The minimum absolute atomic E-state index is 0.874. The molecular weight excluding hydrogens is 548 g/mol. The number of rotatable bonds is 4. The van der Waals surface area contributed by atoms with Crippen LogP contribution in [0, 0.1) is 0 Å². The third-order valence-electron chi connectivity index (χ3n) is 9.28. The maximum absolute atomic E-state index is 6.49. The van der Waals surface area contributed by atoms with Gasteiger partial charge < -0.3 is 13.7 Å². The van der Waals surface area contributed by atoms with Crippen molar-refractivity contribution in [2.45, 2.75) is 0 Å². The summed E-state index contributed by atoms with van der Waals surface area (Å²) in [5, 5.41) is 7.26. The molecule has 0 saturated carbocycles.